The number of hydrogen-bond donors (Lipinski definition) is 2. The molecule has 0 bridgehead atoms. The lowest BCUT2D eigenvalue weighted by Gasteiger charge is -2.32. The monoisotopic (exact) mass is 252 g/mol. The molecule has 2 rings (SSSR count). The Morgan fingerprint density at radius 3 is 2.89 bits per heavy atom. The Morgan fingerprint density at radius 2 is 2.33 bits per heavy atom. The van der Waals surface area contributed by atoms with Crippen molar-refractivity contribution in [2.24, 2.45) is 0 Å². The van der Waals surface area contributed by atoms with Crippen LogP contribution >= 0.6 is 0 Å². The molecule has 0 saturated carbocycles. The number of nitrogens with zero attached hydrogens (tertiary/aromatic N) is 4. The lowest BCUT2D eigenvalue weighted by Crippen LogP contribution is -2.48. The molecule has 1 aliphatic rings. The van der Waals surface area contributed by atoms with E-state index in [1.807, 2.05) is 13.8 Å². The molecule has 1 unspecified atom stereocenters. The highest BCUT2D eigenvalue weighted by Gasteiger charge is 2.25. The van der Waals surface area contributed by atoms with E-state index in [4.69, 9.17) is 0 Å². The van der Waals surface area contributed by atoms with Crippen molar-refractivity contribution in [2.45, 2.75) is 45.2 Å². The van der Waals surface area contributed by atoms with E-state index in [-0.39, 0.29) is 17.8 Å². The molecule has 1 fully saturated rings. The molecular weight excluding hydrogens is 232 g/mol. The van der Waals surface area contributed by atoms with E-state index in [1.165, 1.54) is 12.8 Å². The topological polar surface area (TPSA) is 86.8 Å². The number of amides is 1. The summed E-state index contributed by atoms with van der Waals surface area (Å²) in [5.41, 5.74) is 0. The average molecular weight is 252 g/mol. The molecular formula is C11H20N6O. The number of aromatic nitrogens is 4. The molecule has 0 radical (unpaired) electrons. The Balaban J connectivity index is 2.01. The summed E-state index contributed by atoms with van der Waals surface area (Å²) in [5.74, 6) is -0.0226. The van der Waals surface area contributed by atoms with Crippen LogP contribution in [0.4, 0.5) is 0 Å². The Labute approximate surface area is 106 Å². The van der Waals surface area contributed by atoms with Gasteiger partial charge in [-0.25, -0.2) is 0 Å². The van der Waals surface area contributed by atoms with Crippen LogP contribution in [0.15, 0.2) is 0 Å². The zero-order valence-corrected chi connectivity index (χ0v) is 10.9. The number of rotatable bonds is 4. The first-order chi connectivity index (χ1) is 8.68. The van der Waals surface area contributed by atoms with Gasteiger partial charge >= 0.3 is 0 Å². The fraction of sp³-hybridized carbons (Fsp3) is 0.818. The summed E-state index contributed by atoms with van der Waals surface area (Å²) in [6.45, 7) is 5.74. The smallest absolute Gasteiger partial charge is 0.295 e. The van der Waals surface area contributed by atoms with Gasteiger partial charge in [0, 0.05) is 18.6 Å². The summed E-state index contributed by atoms with van der Waals surface area (Å²) in [5, 5.41) is 16.7. The highest BCUT2D eigenvalue weighted by atomic mass is 16.2. The Hall–Kier alpha value is -1.50. The number of tetrazole rings is 1. The van der Waals surface area contributed by atoms with E-state index in [1.54, 1.807) is 4.90 Å². The molecule has 7 heteroatoms. The van der Waals surface area contributed by atoms with Crippen LogP contribution in [0.5, 0.6) is 0 Å². The second kappa shape index (κ2) is 5.90. The standard InChI is InChI=1S/C11H20N6O/c1-8(2)17(7-9-5-3-4-6-12-9)11(18)10-13-15-16-14-10/h8-9,12H,3-7H2,1-2H3,(H,13,14,15,16). The number of nitrogens with one attached hydrogen (secondary N) is 2. The molecule has 1 amide bonds. The van der Waals surface area contributed by atoms with Gasteiger partial charge in [0.05, 0.1) is 0 Å². The maximum absolute atomic E-state index is 12.2. The van der Waals surface area contributed by atoms with Gasteiger partial charge in [0.25, 0.3) is 11.7 Å². The summed E-state index contributed by atoms with van der Waals surface area (Å²) in [4.78, 5) is 14.0. The largest absolute Gasteiger partial charge is 0.332 e. The third-order valence-corrected chi connectivity index (χ3v) is 3.25. The SMILES string of the molecule is CC(C)N(CC1CCCCN1)C(=O)c1nn[nH]n1. The molecule has 0 spiro atoms. The van der Waals surface area contributed by atoms with Crippen molar-refractivity contribution >= 4 is 5.91 Å². The maximum Gasteiger partial charge on any atom is 0.295 e. The van der Waals surface area contributed by atoms with Crippen LogP contribution in [0.3, 0.4) is 0 Å². The summed E-state index contributed by atoms with van der Waals surface area (Å²) in [6, 6.07) is 0.497. The van der Waals surface area contributed by atoms with E-state index in [9.17, 15) is 4.79 Å². The maximum atomic E-state index is 12.2. The number of aromatic amines is 1. The summed E-state index contributed by atoms with van der Waals surface area (Å²) < 4.78 is 0. The van der Waals surface area contributed by atoms with Crippen LogP contribution in [0.2, 0.25) is 0 Å². The first kappa shape index (κ1) is 12.9. The van der Waals surface area contributed by atoms with Gasteiger partial charge in [-0.2, -0.15) is 5.21 Å². The van der Waals surface area contributed by atoms with Crippen molar-refractivity contribution < 1.29 is 4.79 Å². The summed E-state index contributed by atoms with van der Waals surface area (Å²) >= 11 is 0. The van der Waals surface area contributed by atoms with Crippen LogP contribution in [0, 0.1) is 0 Å². The molecule has 2 N–H and O–H groups in total. The van der Waals surface area contributed by atoms with Gasteiger partial charge in [0.15, 0.2) is 0 Å². The third kappa shape index (κ3) is 3.04. The van der Waals surface area contributed by atoms with Crippen LogP contribution in [-0.4, -0.2) is 56.6 Å². The van der Waals surface area contributed by atoms with Gasteiger partial charge in [0.2, 0.25) is 0 Å². The molecule has 1 saturated heterocycles. The van der Waals surface area contributed by atoms with Crippen molar-refractivity contribution in [2.75, 3.05) is 13.1 Å². The minimum Gasteiger partial charge on any atom is -0.332 e. The predicted octanol–water partition coefficient (Wildman–Crippen LogP) is 0.192. The Bertz CT molecular complexity index is 371. The number of piperidine rings is 1. The van der Waals surface area contributed by atoms with Crippen LogP contribution in [0.25, 0.3) is 0 Å². The molecule has 0 aromatic carbocycles. The Kier molecular flexibility index (Phi) is 4.24. The highest BCUT2D eigenvalue weighted by Crippen LogP contribution is 2.11. The molecule has 1 aliphatic heterocycles. The molecule has 1 atom stereocenters. The van der Waals surface area contributed by atoms with Gasteiger partial charge < -0.3 is 10.2 Å². The molecule has 18 heavy (non-hydrogen) atoms. The zero-order valence-electron chi connectivity index (χ0n) is 10.9. The second-order valence-electron chi connectivity index (χ2n) is 4.93. The van der Waals surface area contributed by atoms with E-state index < -0.39 is 0 Å². The average Bonchev–Trinajstić information content (AvgIpc) is 2.90. The van der Waals surface area contributed by atoms with E-state index in [0.29, 0.717) is 12.6 Å². The van der Waals surface area contributed by atoms with E-state index in [2.05, 4.69) is 25.9 Å². The number of carbonyl (C=O) groups is 1. The van der Waals surface area contributed by atoms with Crippen LogP contribution < -0.4 is 5.32 Å². The lowest BCUT2D eigenvalue weighted by molar-refractivity contribution is 0.0664. The molecule has 0 aliphatic carbocycles. The first-order valence-electron chi connectivity index (χ1n) is 6.46. The second-order valence-corrected chi connectivity index (χ2v) is 4.93. The van der Waals surface area contributed by atoms with Crippen LogP contribution in [0.1, 0.15) is 43.7 Å². The number of carbonyl (C=O) groups excluding carboxylic acids is 1. The summed E-state index contributed by atoms with van der Waals surface area (Å²) in [7, 11) is 0. The van der Waals surface area contributed by atoms with E-state index >= 15 is 0 Å². The molecule has 1 aromatic rings. The predicted molar refractivity (Wildman–Crippen MR) is 66.0 cm³/mol. The van der Waals surface area contributed by atoms with Crippen molar-refractivity contribution in [3.63, 3.8) is 0 Å². The van der Waals surface area contributed by atoms with Gasteiger partial charge in [-0.1, -0.05) is 6.42 Å². The fourth-order valence-corrected chi connectivity index (χ4v) is 2.23. The number of H-pyrrole nitrogens is 1. The lowest BCUT2D eigenvalue weighted by atomic mass is 10.0. The minimum absolute atomic E-state index is 0.125. The van der Waals surface area contributed by atoms with Crippen molar-refractivity contribution in [3.05, 3.63) is 5.82 Å². The highest BCUT2D eigenvalue weighted by molar-refractivity contribution is 5.90. The Morgan fingerprint density at radius 1 is 1.50 bits per heavy atom. The van der Waals surface area contributed by atoms with Crippen molar-refractivity contribution in [1.29, 1.82) is 0 Å². The zero-order chi connectivity index (χ0) is 13.0. The van der Waals surface area contributed by atoms with Gasteiger partial charge in [-0.15, -0.1) is 10.2 Å². The number of hydrogen-bond acceptors (Lipinski definition) is 5. The van der Waals surface area contributed by atoms with E-state index in [0.717, 1.165) is 13.0 Å². The molecule has 100 valence electrons. The summed E-state index contributed by atoms with van der Waals surface area (Å²) in [6.07, 6.45) is 3.56. The fourth-order valence-electron chi connectivity index (χ4n) is 2.23. The van der Waals surface area contributed by atoms with Gasteiger partial charge in [-0.3, -0.25) is 4.79 Å². The minimum atomic E-state index is -0.161. The molecule has 2 heterocycles. The normalized spacial score (nSPS) is 20.1. The van der Waals surface area contributed by atoms with Crippen LogP contribution in [-0.2, 0) is 0 Å². The van der Waals surface area contributed by atoms with Gasteiger partial charge in [-0.05, 0) is 38.4 Å². The van der Waals surface area contributed by atoms with Gasteiger partial charge in [0.1, 0.15) is 0 Å². The van der Waals surface area contributed by atoms with Crippen molar-refractivity contribution in [3.8, 4) is 0 Å². The first-order valence-corrected chi connectivity index (χ1v) is 6.46. The third-order valence-electron chi connectivity index (χ3n) is 3.25. The quantitative estimate of drug-likeness (QED) is 0.799. The molecule has 1 aromatic heterocycles. The molecule has 7 nitrogen and oxygen atoms in total. The van der Waals surface area contributed by atoms with Crippen molar-refractivity contribution in [1.82, 2.24) is 30.8 Å².